The van der Waals surface area contributed by atoms with Gasteiger partial charge in [-0.25, -0.2) is 0 Å². The molecule has 2 unspecified atom stereocenters. The van der Waals surface area contributed by atoms with Crippen molar-refractivity contribution < 1.29 is 0 Å². The molecule has 0 saturated carbocycles. The molecule has 1 fully saturated rings. The van der Waals surface area contributed by atoms with Gasteiger partial charge in [-0.3, -0.25) is 0 Å². The highest BCUT2D eigenvalue weighted by Crippen LogP contribution is 2.30. The molecule has 2 rings (SSSR count). The average molecular weight is 250 g/mol. The van der Waals surface area contributed by atoms with Gasteiger partial charge < -0.3 is 10.6 Å². The Morgan fingerprint density at radius 1 is 1.47 bits per heavy atom. The largest absolute Gasteiger partial charge is 0.369 e. The summed E-state index contributed by atoms with van der Waals surface area (Å²) in [6.45, 7) is 6.64. The van der Waals surface area contributed by atoms with Crippen molar-refractivity contribution in [3.05, 3.63) is 29.8 Å². The van der Waals surface area contributed by atoms with Crippen molar-refractivity contribution in [1.82, 2.24) is 0 Å². The van der Waals surface area contributed by atoms with Gasteiger partial charge in [0.15, 0.2) is 0 Å². The van der Waals surface area contributed by atoms with Crippen LogP contribution in [0.5, 0.6) is 0 Å². The van der Waals surface area contributed by atoms with Crippen molar-refractivity contribution in [2.24, 2.45) is 5.73 Å². The standard InChI is InChI=1S/C14H22N2S/c1-3-12-10-16(8-9-17-12)14-7-5-4-6-13(14)11(2)15/h4-7,11-12H,3,8-10,15H2,1-2H3. The van der Waals surface area contributed by atoms with Crippen LogP contribution in [0.25, 0.3) is 0 Å². The zero-order chi connectivity index (χ0) is 12.3. The highest BCUT2D eigenvalue weighted by atomic mass is 32.2. The minimum Gasteiger partial charge on any atom is -0.369 e. The first-order valence-corrected chi connectivity index (χ1v) is 7.48. The highest BCUT2D eigenvalue weighted by molar-refractivity contribution is 8.00. The molecule has 0 aromatic heterocycles. The number of hydrogen-bond donors (Lipinski definition) is 1. The van der Waals surface area contributed by atoms with E-state index in [2.05, 4.69) is 54.8 Å². The van der Waals surface area contributed by atoms with E-state index in [1.165, 1.54) is 23.4 Å². The Balaban J connectivity index is 2.21. The van der Waals surface area contributed by atoms with Gasteiger partial charge in [0.2, 0.25) is 0 Å². The van der Waals surface area contributed by atoms with Gasteiger partial charge in [0.05, 0.1) is 0 Å². The van der Waals surface area contributed by atoms with Crippen molar-refractivity contribution in [1.29, 1.82) is 0 Å². The molecular formula is C14H22N2S. The highest BCUT2D eigenvalue weighted by Gasteiger charge is 2.21. The molecule has 1 saturated heterocycles. The average Bonchev–Trinajstić information content (AvgIpc) is 2.39. The van der Waals surface area contributed by atoms with E-state index < -0.39 is 0 Å². The van der Waals surface area contributed by atoms with Gasteiger partial charge >= 0.3 is 0 Å². The van der Waals surface area contributed by atoms with Crippen LogP contribution in [0.1, 0.15) is 31.9 Å². The van der Waals surface area contributed by atoms with Crippen molar-refractivity contribution in [2.45, 2.75) is 31.6 Å². The fraction of sp³-hybridized carbons (Fsp3) is 0.571. The smallest absolute Gasteiger partial charge is 0.0415 e. The molecule has 0 amide bonds. The fourth-order valence-corrected chi connectivity index (χ4v) is 3.53. The first-order chi connectivity index (χ1) is 8.22. The van der Waals surface area contributed by atoms with Crippen molar-refractivity contribution in [2.75, 3.05) is 23.7 Å². The van der Waals surface area contributed by atoms with E-state index >= 15 is 0 Å². The number of thioether (sulfide) groups is 1. The van der Waals surface area contributed by atoms with E-state index in [0.717, 1.165) is 18.3 Å². The van der Waals surface area contributed by atoms with Crippen LogP contribution in [-0.2, 0) is 0 Å². The molecule has 1 heterocycles. The number of anilines is 1. The molecule has 0 aliphatic carbocycles. The molecule has 3 heteroatoms. The lowest BCUT2D eigenvalue weighted by molar-refractivity contribution is 0.716. The van der Waals surface area contributed by atoms with E-state index in [9.17, 15) is 0 Å². The van der Waals surface area contributed by atoms with E-state index in [1.807, 2.05) is 0 Å². The molecule has 17 heavy (non-hydrogen) atoms. The summed E-state index contributed by atoms with van der Waals surface area (Å²) in [5.74, 6) is 1.23. The van der Waals surface area contributed by atoms with Crippen LogP contribution in [0, 0.1) is 0 Å². The molecule has 1 aromatic rings. The predicted octanol–water partition coefficient (Wildman–Crippen LogP) is 3.04. The van der Waals surface area contributed by atoms with Crippen LogP contribution in [0.4, 0.5) is 5.69 Å². The molecule has 0 spiro atoms. The van der Waals surface area contributed by atoms with Gasteiger partial charge in [0.1, 0.15) is 0 Å². The van der Waals surface area contributed by atoms with Gasteiger partial charge in [-0.1, -0.05) is 25.1 Å². The Morgan fingerprint density at radius 3 is 2.94 bits per heavy atom. The van der Waals surface area contributed by atoms with Crippen molar-refractivity contribution in [3.63, 3.8) is 0 Å². The molecule has 2 atom stereocenters. The number of nitrogens with zero attached hydrogens (tertiary/aromatic N) is 1. The predicted molar refractivity (Wildman–Crippen MR) is 77.8 cm³/mol. The molecule has 0 radical (unpaired) electrons. The summed E-state index contributed by atoms with van der Waals surface area (Å²) >= 11 is 2.10. The molecule has 1 aromatic carbocycles. The van der Waals surface area contributed by atoms with E-state index in [4.69, 9.17) is 5.73 Å². The summed E-state index contributed by atoms with van der Waals surface area (Å²) in [5, 5.41) is 0.768. The van der Waals surface area contributed by atoms with Crippen molar-refractivity contribution >= 4 is 17.4 Å². The topological polar surface area (TPSA) is 29.3 Å². The van der Waals surface area contributed by atoms with Crippen LogP contribution in [-0.4, -0.2) is 24.1 Å². The number of rotatable bonds is 3. The Hall–Kier alpha value is -0.670. The van der Waals surface area contributed by atoms with E-state index in [0.29, 0.717) is 0 Å². The Bertz CT molecular complexity index is 365. The van der Waals surface area contributed by atoms with Crippen molar-refractivity contribution in [3.8, 4) is 0 Å². The molecule has 2 N–H and O–H groups in total. The second kappa shape index (κ2) is 5.78. The van der Waals surface area contributed by atoms with Gasteiger partial charge in [-0.05, 0) is 25.0 Å². The second-order valence-corrected chi connectivity index (χ2v) is 6.10. The first-order valence-electron chi connectivity index (χ1n) is 6.43. The second-order valence-electron chi connectivity index (χ2n) is 4.69. The third-order valence-corrected chi connectivity index (χ3v) is 4.73. The summed E-state index contributed by atoms with van der Waals surface area (Å²) in [5.41, 5.74) is 8.66. The monoisotopic (exact) mass is 250 g/mol. The molecular weight excluding hydrogens is 228 g/mol. The normalized spacial score (nSPS) is 22.5. The third-order valence-electron chi connectivity index (χ3n) is 3.36. The van der Waals surface area contributed by atoms with Gasteiger partial charge in [0, 0.05) is 35.8 Å². The van der Waals surface area contributed by atoms with Crippen LogP contribution in [0.2, 0.25) is 0 Å². The molecule has 2 nitrogen and oxygen atoms in total. The Labute approximate surface area is 109 Å². The minimum absolute atomic E-state index is 0.112. The first kappa shape index (κ1) is 12.8. The maximum atomic E-state index is 6.06. The zero-order valence-corrected chi connectivity index (χ0v) is 11.5. The number of para-hydroxylation sites is 1. The third kappa shape index (κ3) is 2.96. The molecule has 94 valence electrons. The van der Waals surface area contributed by atoms with E-state index in [1.54, 1.807) is 0 Å². The molecule has 1 aliphatic heterocycles. The van der Waals surface area contributed by atoms with Gasteiger partial charge in [0.25, 0.3) is 0 Å². The summed E-state index contributed by atoms with van der Waals surface area (Å²) in [6, 6.07) is 8.67. The maximum absolute atomic E-state index is 6.06. The van der Waals surface area contributed by atoms with Gasteiger partial charge in [-0.2, -0.15) is 11.8 Å². The lowest BCUT2D eigenvalue weighted by atomic mass is 10.1. The fourth-order valence-electron chi connectivity index (χ4n) is 2.35. The summed E-state index contributed by atoms with van der Waals surface area (Å²) in [4.78, 5) is 2.50. The summed E-state index contributed by atoms with van der Waals surface area (Å²) < 4.78 is 0. The zero-order valence-electron chi connectivity index (χ0n) is 10.7. The lowest BCUT2D eigenvalue weighted by Crippen LogP contribution is -2.38. The number of benzene rings is 1. The quantitative estimate of drug-likeness (QED) is 0.894. The summed E-state index contributed by atoms with van der Waals surface area (Å²) in [7, 11) is 0. The SMILES string of the molecule is CCC1CN(c2ccccc2C(C)N)CCS1. The van der Waals surface area contributed by atoms with Crippen LogP contribution < -0.4 is 10.6 Å². The van der Waals surface area contributed by atoms with E-state index in [-0.39, 0.29) is 6.04 Å². The minimum atomic E-state index is 0.112. The number of hydrogen-bond acceptors (Lipinski definition) is 3. The van der Waals surface area contributed by atoms with Crippen LogP contribution in [0.15, 0.2) is 24.3 Å². The number of nitrogens with two attached hydrogens (primary N) is 1. The van der Waals surface area contributed by atoms with Crippen LogP contribution in [0.3, 0.4) is 0 Å². The molecule has 0 bridgehead atoms. The maximum Gasteiger partial charge on any atom is 0.0415 e. The lowest BCUT2D eigenvalue weighted by Gasteiger charge is -2.35. The molecule has 1 aliphatic rings. The van der Waals surface area contributed by atoms with Crippen LogP contribution >= 0.6 is 11.8 Å². The van der Waals surface area contributed by atoms with Gasteiger partial charge in [-0.15, -0.1) is 0 Å². The Kier molecular flexibility index (Phi) is 4.35. The Morgan fingerprint density at radius 2 is 2.24 bits per heavy atom. The summed E-state index contributed by atoms with van der Waals surface area (Å²) in [6.07, 6.45) is 1.25.